The van der Waals surface area contributed by atoms with Gasteiger partial charge >= 0.3 is 6.03 Å². The second kappa shape index (κ2) is 8.77. The van der Waals surface area contributed by atoms with Crippen LogP contribution < -0.4 is 10.6 Å². The van der Waals surface area contributed by atoms with Crippen LogP contribution in [0.15, 0.2) is 42.5 Å². The van der Waals surface area contributed by atoms with Crippen molar-refractivity contribution in [2.75, 3.05) is 25.0 Å². The van der Waals surface area contributed by atoms with Crippen LogP contribution >= 0.6 is 0 Å². The molecular formula is C20H20F3N3O2. The molecule has 3 amide bonds. The molecule has 1 heterocycles. The maximum atomic E-state index is 13.8. The van der Waals surface area contributed by atoms with Crippen molar-refractivity contribution in [2.24, 2.45) is 5.92 Å². The number of anilines is 1. The topological polar surface area (TPSA) is 61.4 Å². The SMILES string of the molecule is O=C(NCC1CCN(C(=O)c2ccccc2F)CC1)Nc1c(F)cccc1F. The number of carbonyl (C=O) groups is 2. The third kappa shape index (κ3) is 4.62. The van der Waals surface area contributed by atoms with Crippen molar-refractivity contribution in [3.8, 4) is 0 Å². The number of nitrogens with one attached hydrogen (secondary N) is 2. The molecule has 2 aromatic carbocycles. The van der Waals surface area contributed by atoms with Crippen LogP contribution in [0.1, 0.15) is 23.2 Å². The highest BCUT2D eigenvalue weighted by Crippen LogP contribution is 2.20. The molecule has 0 atom stereocenters. The monoisotopic (exact) mass is 391 g/mol. The van der Waals surface area contributed by atoms with Crippen LogP contribution in [-0.4, -0.2) is 36.5 Å². The Labute approximate surface area is 160 Å². The minimum Gasteiger partial charge on any atom is -0.339 e. The number of hydrogen-bond acceptors (Lipinski definition) is 2. The van der Waals surface area contributed by atoms with E-state index in [9.17, 15) is 22.8 Å². The van der Waals surface area contributed by atoms with E-state index in [1.807, 2.05) is 0 Å². The molecule has 1 fully saturated rings. The van der Waals surface area contributed by atoms with Gasteiger partial charge in [0.1, 0.15) is 23.1 Å². The zero-order chi connectivity index (χ0) is 20.1. The van der Waals surface area contributed by atoms with Crippen LogP contribution in [0.4, 0.5) is 23.7 Å². The summed E-state index contributed by atoms with van der Waals surface area (Å²) in [5, 5.41) is 4.76. The largest absolute Gasteiger partial charge is 0.339 e. The second-order valence-electron chi connectivity index (χ2n) is 6.65. The first-order valence-electron chi connectivity index (χ1n) is 8.98. The van der Waals surface area contributed by atoms with E-state index < -0.39 is 29.2 Å². The normalized spacial score (nSPS) is 14.6. The maximum Gasteiger partial charge on any atom is 0.319 e. The molecule has 2 N–H and O–H groups in total. The fourth-order valence-corrected chi connectivity index (χ4v) is 3.16. The highest BCUT2D eigenvalue weighted by atomic mass is 19.1. The number of carbonyl (C=O) groups excluding carboxylic acids is 2. The Bertz CT molecular complexity index is 847. The van der Waals surface area contributed by atoms with Crippen LogP contribution in [0.2, 0.25) is 0 Å². The molecule has 2 aromatic rings. The Balaban J connectivity index is 1.46. The number of rotatable bonds is 4. The molecule has 8 heteroatoms. The first-order chi connectivity index (χ1) is 13.5. The Morgan fingerprint density at radius 3 is 2.18 bits per heavy atom. The van der Waals surface area contributed by atoms with Gasteiger partial charge in [0.25, 0.3) is 5.91 Å². The molecule has 0 aromatic heterocycles. The summed E-state index contributed by atoms with van der Waals surface area (Å²) in [6.45, 7) is 1.20. The lowest BCUT2D eigenvalue weighted by Gasteiger charge is -2.32. The summed E-state index contributed by atoms with van der Waals surface area (Å²) in [5.74, 6) is -2.49. The predicted molar refractivity (Wildman–Crippen MR) is 98.4 cm³/mol. The van der Waals surface area contributed by atoms with Gasteiger partial charge in [-0.25, -0.2) is 18.0 Å². The first-order valence-corrected chi connectivity index (χ1v) is 8.98. The minimum atomic E-state index is -0.852. The van der Waals surface area contributed by atoms with E-state index in [-0.39, 0.29) is 17.4 Å². The highest BCUT2D eigenvalue weighted by Gasteiger charge is 2.25. The molecule has 3 rings (SSSR count). The molecule has 0 radical (unpaired) electrons. The van der Waals surface area contributed by atoms with Gasteiger partial charge in [0.05, 0.1) is 5.56 Å². The summed E-state index contributed by atoms with van der Waals surface area (Å²) >= 11 is 0. The number of halogens is 3. The van der Waals surface area contributed by atoms with Gasteiger partial charge in [-0.2, -0.15) is 0 Å². The summed E-state index contributed by atoms with van der Waals surface area (Å²) in [5.41, 5.74) is -0.448. The number of likely N-dealkylation sites (tertiary alicyclic amines) is 1. The standard InChI is InChI=1S/C20H20F3N3O2/c21-15-5-2-1-4-14(15)19(27)26-10-8-13(9-11-26)12-24-20(28)25-18-16(22)6-3-7-17(18)23/h1-7,13H,8-12H2,(H2,24,25,28). The molecule has 0 saturated carbocycles. The Kier molecular flexibility index (Phi) is 6.18. The summed E-state index contributed by atoms with van der Waals surface area (Å²) in [6, 6.07) is 8.48. The fraction of sp³-hybridized carbons (Fsp3) is 0.300. The summed E-state index contributed by atoms with van der Waals surface area (Å²) < 4.78 is 40.9. The summed E-state index contributed by atoms with van der Waals surface area (Å²) in [7, 11) is 0. The van der Waals surface area contributed by atoms with E-state index in [0.717, 1.165) is 12.1 Å². The molecule has 28 heavy (non-hydrogen) atoms. The van der Waals surface area contributed by atoms with Crippen LogP contribution in [-0.2, 0) is 0 Å². The van der Waals surface area contributed by atoms with Crippen molar-refractivity contribution in [3.63, 3.8) is 0 Å². The average molecular weight is 391 g/mol. The molecule has 0 bridgehead atoms. The van der Waals surface area contributed by atoms with Gasteiger partial charge in [0.2, 0.25) is 0 Å². The average Bonchev–Trinajstić information content (AvgIpc) is 2.69. The van der Waals surface area contributed by atoms with Crippen molar-refractivity contribution >= 4 is 17.6 Å². The van der Waals surface area contributed by atoms with Gasteiger partial charge in [-0.3, -0.25) is 4.79 Å². The van der Waals surface area contributed by atoms with E-state index in [1.54, 1.807) is 11.0 Å². The Morgan fingerprint density at radius 2 is 1.54 bits per heavy atom. The molecule has 0 aliphatic carbocycles. The fourth-order valence-electron chi connectivity index (χ4n) is 3.16. The van der Waals surface area contributed by atoms with E-state index in [4.69, 9.17) is 0 Å². The zero-order valence-electron chi connectivity index (χ0n) is 15.1. The number of para-hydroxylation sites is 1. The number of urea groups is 1. The molecule has 0 spiro atoms. The van der Waals surface area contributed by atoms with Crippen molar-refractivity contribution < 1.29 is 22.8 Å². The zero-order valence-corrected chi connectivity index (χ0v) is 15.1. The van der Waals surface area contributed by atoms with Gasteiger partial charge in [-0.15, -0.1) is 0 Å². The second-order valence-corrected chi connectivity index (χ2v) is 6.65. The smallest absolute Gasteiger partial charge is 0.319 e. The van der Waals surface area contributed by atoms with Gasteiger partial charge in [-0.05, 0) is 43.0 Å². The third-order valence-electron chi connectivity index (χ3n) is 4.76. The summed E-state index contributed by atoms with van der Waals surface area (Å²) in [4.78, 5) is 25.9. The molecule has 1 aliphatic heterocycles. The van der Waals surface area contributed by atoms with Crippen molar-refractivity contribution in [3.05, 3.63) is 65.5 Å². The number of hydrogen-bond donors (Lipinski definition) is 2. The number of amides is 3. The van der Waals surface area contributed by atoms with Crippen LogP contribution in [0.3, 0.4) is 0 Å². The van der Waals surface area contributed by atoms with Gasteiger partial charge in [-0.1, -0.05) is 18.2 Å². The van der Waals surface area contributed by atoms with E-state index in [1.165, 1.54) is 24.3 Å². The molecular weight excluding hydrogens is 371 g/mol. The quantitative estimate of drug-likeness (QED) is 0.833. The van der Waals surface area contributed by atoms with Gasteiger partial charge < -0.3 is 15.5 Å². The first kappa shape index (κ1) is 19.7. The number of piperidine rings is 1. The lowest BCUT2D eigenvalue weighted by atomic mass is 9.96. The number of nitrogens with zero attached hydrogens (tertiary/aromatic N) is 1. The minimum absolute atomic E-state index is 0.0466. The van der Waals surface area contributed by atoms with E-state index in [0.29, 0.717) is 32.5 Å². The molecule has 0 unspecified atom stereocenters. The Hall–Kier alpha value is -3.03. The van der Waals surface area contributed by atoms with Gasteiger partial charge in [0.15, 0.2) is 0 Å². The van der Waals surface area contributed by atoms with Crippen molar-refractivity contribution in [1.82, 2.24) is 10.2 Å². The predicted octanol–water partition coefficient (Wildman–Crippen LogP) is 3.78. The maximum absolute atomic E-state index is 13.8. The van der Waals surface area contributed by atoms with E-state index >= 15 is 0 Å². The van der Waals surface area contributed by atoms with Crippen molar-refractivity contribution in [2.45, 2.75) is 12.8 Å². The highest BCUT2D eigenvalue weighted by molar-refractivity contribution is 5.94. The Morgan fingerprint density at radius 1 is 0.929 bits per heavy atom. The molecule has 1 saturated heterocycles. The van der Waals surface area contributed by atoms with Gasteiger partial charge in [0, 0.05) is 19.6 Å². The molecule has 148 valence electrons. The molecule has 1 aliphatic rings. The van der Waals surface area contributed by atoms with E-state index in [2.05, 4.69) is 10.6 Å². The van der Waals surface area contributed by atoms with Crippen LogP contribution in [0.5, 0.6) is 0 Å². The lowest BCUT2D eigenvalue weighted by molar-refractivity contribution is 0.0686. The summed E-state index contributed by atoms with van der Waals surface area (Å²) in [6.07, 6.45) is 1.27. The van der Waals surface area contributed by atoms with Crippen molar-refractivity contribution in [1.29, 1.82) is 0 Å². The number of benzene rings is 2. The lowest BCUT2D eigenvalue weighted by Crippen LogP contribution is -2.42. The van der Waals surface area contributed by atoms with Crippen LogP contribution in [0, 0.1) is 23.4 Å². The third-order valence-corrected chi connectivity index (χ3v) is 4.76. The molecule has 5 nitrogen and oxygen atoms in total. The van der Waals surface area contributed by atoms with Crippen LogP contribution in [0.25, 0.3) is 0 Å².